The van der Waals surface area contributed by atoms with Gasteiger partial charge in [0.2, 0.25) is 0 Å². The molecule has 1 amide bonds. The Morgan fingerprint density at radius 2 is 2.12 bits per heavy atom. The SMILES string of the molecule is Cn1ccnc1C(=O)N1CCC(F)(F)C(COCc2ccccc2)C1. The molecule has 1 unspecified atom stereocenters. The number of carbonyl (C=O) groups is 1. The molecule has 3 rings (SSSR count). The normalized spacial score (nSPS) is 19.8. The van der Waals surface area contributed by atoms with Crippen LogP contribution in [0.3, 0.4) is 0 Å². The van der Waals surface area contributed by atoms with Gasteiger partial charge >= 0.3 is 0 Å². The van der Waals surface area contributed by atoms with Crippen LogP contribution >= 0.6 is 0 Å². The number of likely N-dealkylation sites (tertiary alicyclic amines) is 1. The summed E-state index contributed by atoms with van der Waals surface area (Å²) in [5, 5.41) is 0. The largest absolute Gasteiger partial charge is 0.376 e. The van der Waals surface area contributed by atoms with Crippen molar-refractivity contribution in [2.45, 2.75) is 19.0 Å². The second kappa shape index (κ2) is 7.31. The molecule has 0 bridgehead atoms. The van der Waals surface area contributed by atoms with Gasteiger partial charge in [0, 0.05) is 39.0 Å². The van der Waals surface area contributed by atoms with Gasteiger partial charge in [-0.05, 0) is 5.56 Å². The lowest BCUT2D eigenvalue weighted by Gasteiger charge is -2.38. The number of imidazole rings is 1. The highest BCUT2D eigenvalue weighted by Crippen LogP contribution is 2.34. The number of nitrogens with zero attached hydrogens (tertiary/aromatic N) is 3. The van der Waals surface area contributed by atoms with Crippen molar-refractivity contribution in [3.63, 3.8) is 0 Å². The summed E-state index contributed by atoms with van der Waals surface area (Å²) in [5.41, 5.74) is 0.933. The topological polar surface area (TPSA) is 47.4 Å². The molecule has 0 N–H and O–H groups in total. The summed E-state index contributed by atoms with van der Waals surface area (Å²) in [4.78, 5) is 17.9. The molecule has 1 fully saturated rings. The summed E-state index contributed by atoms with van der Waals surface area (Å²) in [6, 6.07) is 9.41. The Morgan fingerprint density at radius 3 is 2.80 bits per heavy atom. The zero-order chi connectivity index (χ0) is 17.9. The van der Waals surface area contributed by atoms with E-state index in [1.165, 1.54) is 11.1 Å². The molecular formula is C18H21F2N3O2. The van der Waals surface area contributed by atoms with Gasteiger partial charge in [0.15, 0.2) is 5.82 Å². The van der Waals surface area contributed by atoms with Crippen LogP contribution in [-0.2, 0) is 18.4 Å². The molecule has 0 aliphatic carbocycles. The van der Waals surface area contributed by atoms with E-state index >= 15 is 0 Å². The molecule has 134 valence electrons. The van der Waals surface area contributed by atoms with E-state index in [4.69, 9.17) is 4.74 Å². The molecule has 1 aliphatic rings. The quantitative estimate of drug-likeness (QED) is 0.834. The predicted molar refractivity (Wildman–Crippen MR) is 88.3 cm³/mol. The fourth-order valence-corrected chi connectivity index (χ4v) is 2.94. The highest BCUT2D eigenvalue weighted by Gasteiger charge is 2.45. The van der Waals surface area contributed by atoms with Crippen molar-refractivity contribution in [3.8, 4) is 0 Å². The van der Waals surface area contributed by atoms with Gasteiger partial charge in [0.1, 0.15) is 0 Å². The average Bonchev–Trinajstić information content (AvgIpc) is 3.02. The number of hydrogen-bond acceptors (Lipinski definition) is 3. The monoisotopic (exact) mass is 349 g/mol. The first-order valence-electron chi connectivity index (χ1n) is 8.23. The van der Waals surface area contributed by atoms with Crippen molar-refractivity contribution < 1.29 is 18.3 Å². The van der Waals surface area contributed by atoms with Crippen molar-refractivity contribution >= 4 is 5.91 Å². The molecule has 2 heterocycles. The molecule has 0 saturated carbocycles. The molecule has 1 saturated heterocycles. The number of ether oxygens (including phenoxy) is 1. The van der Waals surface area contributed by atoms with Crippen molar-refractivity contribution in [2.24, 2.45) is 13.0 Å². The number of amides is 1. The van der Waals surface area contributed by atoms with Crippen molar-refractivity contribution in [1.82, 2.24) is 14.5 Å². The first-order chi connectivity index (χ1) is 12.0. The van der Waals surface area contributed by atoms with Crippen LogP contribution in [0.5, 0.6) is 0 Å². The molecule has 0 radical (unpaired) electrons. The maximum absolute atomic E-state index is 14.2. The maximum Gasteiger partial charge on any atom is 0.289 e. The highest BCUT2D eigenvalue weighted by atomic mass is 19.3. The lowest BCUT2D eigenvalue weighted by atomic mass is 9.94. The van der Waals surface area contributed by atoms with Crippen LogP contribution in [0.15, 0.2) is 42.7 Å². The molecular weight excluding hydrogens is 328 g/mol. The summed E-state index contributed by atoms with van der Waals surface area (Å²) < 4.78 is 35.5. The Bertz CT molecular complexity index is 718. The van der Waals surface area contributed by atoms with Gasteiger partial charge in [-0.1, -0.05) is 30.3 Å². The van der Waals surface area contributed by atoms with Gasteiger partial charge in [-0.2, -0.15) is 0 Å². The highest BCUT2D eigenvalue weighted by molar-refractivity contribution is 5.90. The molecule has 0 spiro atoms. The summed E-state index contributed by atoms with van der Waals surface area (Å²) in [5.74, 6) is -3.92. The van der Waals surface area contributed by atoms with Gasteiger partial charge in [-0.15, -0.1) is 0 Å². The van der Waals surface area contributed by atoms with E-state index in [-0.39, 0.29) is 44.5 Å². The van der Waals surface area contributed by atoms with E-state index in [1.807, 2.05) is 30.3 Å². The average molecular weight is 349 g/mol. The van der Waals surface area contributed by atoms with Crippen LogP contribution in [0.4, 0.5) is 8.78 Å². The van der Waals surface area contributed by atoms with Gasteiger partial charge < -0.3 is 14.2 Å². The Balaban J connectivity index is 1.61. The van der Waals surface area contributed by atoms with Crippen molar-refractivity contribution in [1.29, 1.82) is 0 Å². The molecule has 1 atom stereocenters. The third-order valence-corrected chi connectivity index (χ3v) is 4.48. The van der Waals surface area contributed by atoms with Crippen LogP contribution in [0.25, 0.3) is 0 Å². The van der Waals surface area contributed by atoms with E-state index in [1.54, 1.807) is 17.8 Å². The van der Waals surface area contributed by atoms with E-state index < -0.39 is 11.8 Å². The minimum atomic E-state index is -2.84. The number of piperidine rings is 1. The summed E-state index contributed by atoms with van der Waals surface area (Å²) in [6.45, 7) is 0.175. The Labute approximate surface area is 145 Å². The van der Waals surface area contributed by atoms with Crippen LogP contribution in [-0.4, -0.2) is 46.0 Å². The van der Waals surface area contributed by atoms with Crippen LogP contribution in [0.2, 0.25) is 0 Å². The van der Waals surface area contributed by atoms with E-state index in [0.717, 1.165) is 5.56 Å². The zero-order valence-corrected chi connectivity index (χ0v) is 14.1. The van der Waals surface area contributed by atoms with E-state index in [0.29, 0.717) is 0 Å². The minimum Gasteiger partial charge on any atom is -0.376 e. The Kier molecular flexibility index (Phi) is 5.13. The summed E-state index contributed by atoms with van der Waals surface area (Å²) in [6.07, 6.45) is 2.82. The molecule has 1 aliphatic heterocycles. The Hall–Kier alpha value is -2.28. The van der Waals surface area contributed by atoms with Crippen LogP contribution < -0.4 is 0 Å². The van der Waals surface area contributed by atoms with E-state index in [2.05, 4.69) is 4.98 Å². The maximum atomic E-state index is 14.2. The second-order valence-electron chi connectivity index (χ2n) is 6.32. The number of rotatable bonds is 5. The van der Waals surface area contributed by atoms with Gasteiger partial charge in [0.05, 0.1) is 19.1 Å². The lowest BCUT2D eigenvalue weighted by Crippen LogP contribution is -2.51. The number of aryl methyl sites for hydroxylation is 1. The van der Waals surface area contributed by atoms with Crippen molar-refractivity contribution in [2.75, 3.05) is 19.7 Å². The molecule has 1 aromatic heterocycles. The molecule has 5 nitrogen and oxygen atoms in total. The predicted octanol–water partition coefficient (Wildman–Crippen LogP) is 2.73. The third kappa shape index (κ3) is 4.04. The van der Waals surface area contributed by atoms with Gasteiger partial charge in [0.25, 0.3) is 11.8 Å². The molecule has 1 aromatic carbocycles. The van der Waals surface area contributed by atoms with E-state index in [9.17, 15) is 13.6 Å². The zero-order valence-electron chi connectivity index (χ0n) is 14.1. The summed E-state index contributed by atoms with van der Waals surface area (Å²) >= 11 is 0. The molecule has 7 heteroatoms. The lowest BCUT2D eigenvalue weighted by molar-refractivity contribution is -0.124. The molecule has 2 aromatic rings. The van der Waals surface area contributed by atoms with Crippen molar-refractivity contribution in [3.05, 3.63) is 54.1 Å². The first kappa shape index (κ1) is 17.5. The number of alkyl halides is 2. The van der Waals surface area contributed by atoms with Gasteiger partial charge in [-0.3, -0.25) is 4.79 Å². The van der Waals surface area contributed by atoms with Crippen LogP contribution in [0, 0.1) is 5.92 Å². The second-order valence-corrected chi connectivity index (χ2v) is 6.32. The minimum absolute atomic E-state index is 0.0217. The van der Waals surface area contributed by atoms with Gasteiger partial charge in [-0.25, -0.2) is 13.8 Å². The number of aromatic nitrogens is 2. The number of hydrogen-bond donors (Lipinski definition) is 0. The number of carbonyl (C=O) groups excluding carboxylic acids is 1. The number of benzene rings is 1. The Morgan fingerprint density at radius 1 is 1.36 bits per heavy atom. The fourth-order valence-electron chi connectivity index (χ4n) is 2.94. The standard InChI is InChI=1S/C18H21F2N3O2/c1-22-10-8-21-16(22)17(24)23-9-7-18(19,20)15(11-23)13-25-12-14-5-3-2-4-6-14/h2-6,8,10,15H,7,9,11-13H2,1H3. The fraction of sp³-hybridized carbons (Fsp3) is 0.444. The number of halogens is 2. The smallest absolute Gasteiger partial charge is 0.289 e. The molecule has 25 heavy (non-hydrogen) atoms. The third-order valence-electron chi connectivity index (χ3n) is 4.48. The first-order valence-corrected chi connectivity index (χ1v) is 8.23. The summed E-state index contributed by atoms with van der Waals surface area (Å²) in [7, 11) is 1.71. The van der Waals surface area contributed by atoms with Crippen LogP contribution in [0.1, 0.15) is 22.6 Å².